The zero-order valence-electron chi connectivity index (χ0n) is 10.2. The smallest absolute Gasteiger partial charge is 0.115 e. The van der Waals surface area contributed by atoms with Gasteiger partial charge in [0.15, 0.2) is 0 Å². The van der Waals surface area contributed by atoms with Gasteiger partial charge in [-0.3, -0.25) is 0 Å². The molecule has 17 heavy (non-hydrogen) atoms. The molecule has 1 unspecified atom stereocenters. The molecule has 0 aliphatic heterocycles. The molecule has 1 aromatic rings. The molecule has 0 fully saturated rings. The van der Waals surface area contributed by atoms with Crippen molar-refractivity contribution in [1.29, 1.82) is 0 Å². The summed E-state index contributed by atoms with van der Waals surface area (Å²) >= 11 is 0. The summed E-state index contributed by atoms with van der Waals surface area (Å²) in [6, 6.07) is 7.48. The largest absolute Gasteiger partial charge is 0.508 e. The number of hydrogen-bond donors (Lipinski definition) is 2. The summed E-state index contributed by atoms with van der Waals surface area (Å²) in [5.41, 5.74) is 1.28. The second kappa shape index (κ2) is 6.45. The van der Waals surface area contributed by atoms with E-state index in [1.54, 1.807) is 12.1 Å². The van der Waals surface area contributed by atoms with Crippen LogP contribution in [0.25, 0.3) is 0 Å². The van der Waals surface area contributed by atoms with Gasteiger partial charge in [-0.15, -0.1) is 0 Å². The molecule has 0 amide bonds. The summed E-state index contributed by atoms with van der Waals surface area (Å²) in [6.07, 6.45) is 9.41. The average molecular weight is 231 g/mol. The lowest BCUT2D eigenvalue weighted by Crippen LogP contribution is -2.25. The van der Waals surface area contributed by atoms with Gasteiger partial charge >= 0.3 is 0 Å². The van der Waals surface area contributed by atoms with E-state index in [9.17, 15) is 5.11 Å². The van der Waals surface area contributed by atoms with E-state index >= 15 is 0 Å². The van der Waals surface area contributed by atoms with Crippen LogP contribution in [0.5, 0.6) is 5.75 Å². The van der Waals surface area contributed by atoms with Gasteiger partial charge in [0, 0.05) is 0 Å². The number of benzene rings is 1. The fourth-order valence-corrected chi connectivity index (χ4v) is 2.24. The van der Waals surface area contributed by atoms with E-state index in [0.717, 1.165) is 25.4 Å². The van der Waals surface area contributed by atoms with Crippen LogP contribution in [0.15, 0.2) is 36.4 Å². The summed E-state index contributed by atoms with van der Waals surface area (Å²) in [5, 5.41) is 12.7. The summed E-state index contributed by atoms with van der Waals surface area (Å²) in [4.78, 5) is 0. The Labute approximate surface area is 103 Å². The predicted octanol–water partition coefficient (Wildman–Crippen LogP) is 2.88. The Hall–Kier alpha value is -1.28. The maximum absolute atomic E-state index is 9.18. The topological polar surface area (TPSA) is 32.3 Å². The molecule has 1 aromatic carbocycles. The summed E-state index contributed by atoms with van der Waals surface area (Å²) in [6.45, 7) is 2.15. The number of phenols is 1. The van der Waals surface area contributed by atoms with Crippen LogP contribution in [0.2, 0.25) is 0 Å². The molecule has 92 valence electrons. The predicted molar refractivity (Wildman–Crippen MR) is 71.2 cm³/mol. The molecule has 1 aliphatic carbocycles. The van der Waals surface area contributed by atoms with Gasteiger partial charge < -0.3 is 10.4 Å². The quantitative estimate of drug-likeness (QED) is 0.603. The van der Waals surface area contributed by atoms with E-state index in [4.69, 9.17) is 0 Å². The number of aromatic hydroxyl groups is 1. The second-order valence-corrected chi connectivity index (χ2v) is 4.77. The van der Waals surface area contributed by atoms with E-state index in [1.165, 1.54) is 24.8 Å². The van der Waals surface area contributed by atoms with Gasteiger partial charge in [0.1, 0.15) is 5.75 Å². The maximum Gasteiger partial charge on any atom is 0.115 e. The monoisotopic (exact) mass is 231 g/mol. The summed E-state index contributed by atoms with van der Waals surface area (Å²) < 4.78 is 0. The average Bonchev–Trinajstić information content (AvgIpc) is 2.38. The molecule has 0 saturated carbocycles. The molecule has 2 rings (SSSR count). The molecular formula is C15H21NO. The van der Waals surface area contributed by atoms with Gasteiger partial charge in [0.05, 0.1) is 0 Å². The number of allylic oxidation sites excluding steroid dienone is 2. The highest BCUT2D eigenvalue weighted by atomic mass is 16.3. The highest BCUT2D eigenvalue weighted by molar-refractivity contribution is 5.25. The van der Waals surface area contributed by atoms with Crippen LogP contribution in [-0.2, 0) is 6.42 Å². The van der Waals surface area contributed by atoms with Crippen molar-refractivity contribution >= 4 is 0 Å². The lowest BCUT2D eigenvalue weighted by atomic mass is 9.94. The standard InChI is InChI=1S/C15H21NO/c17-15-8-6-13(7-9-15)10-11-16-12-14-4-2-1-3-5-14/h1-2,6-9,14,16-17H,3-5,10-12H2. The summed E-state index contributed by atoms with van der Waals surface area (Å²) in [7, 11) is 0. The van der Waals surface area contributed by atoms with Gasteiger partial charge in [-0.2, -0.15) is 0 Å². The minimum Gasteiger partial charge on any atom is -0.508 e. The van der Waals surface area contributed by atoms with Gasteiger partial charge in [-0.05, 0) is 62.4 Å². The van der Waals surface area contributed by atoms with Crippen molar-refractivity contribution in [1.82, 2.24) is 5.32 Å². The fraction of sp³-hybridized carbons (Fsp3) is 0.467. The van der Waals surface area contributed by atoms with Gasteiger partial charge in [0.25, 0.3) is 0 Å². The maximum atomic E-state index is 9.18. The Morgan fingerprint density at radius 2 is 2.00 bits per heavy atom. The van der Waals surface area contributed by atoms with Crippen molar-refractivity contribution in [3.05, 3.63) is 42.0 Å². The van der Waals surface area contributed by atoms with Crippen LogP contribution in [-0.4, -0.2) is 18.2 Å². The van der Waals surface area contributed by atoms with Crippen molar-refractivity contribution in [2.24, 2.45) is 5.92 Å². The molecule has 2 heteroatoms. The second-order valence-electron chi connectivity index (χ2n) is 4.77. The van der Waals surface area contributed by atoms with Crippen molar-refractivity contribution in [3.8, 4) is 5.75 Å². The van der Waals surface area contributed by atoms with E-state index in [-0.39, 0.29) is 0 Å². The van der Waals surface area contributed by atoms with E-state index in [0.29, 0.717) is 5.75 Å². The normalized spacial score (nSPS) is 19.4. The van der Waals surface area contributed by atoms with Crippen LogP contribution in [0.1, 0.15) is 24.8 Å². The first-order valence-electron chi connectivity index (χ1n) is 6.48. The molecule has 2 N–H and O–H groups in total. The van der Waals surface area contributed by atoms with Crippen LogP contribution < -0.4 is 5.32 Å². The molecule has 2 nitrogen and oxygen atoms in total. The van der Waals surface area contributed by atoms with Crippen molar-refractivity contribution < 1.29 is 5.11 Å². The lowest BCUT2D eigenvalue weighted by Gasteiger charge is -2.18. The molecule has 0 aromatic heterocycles. The Balaban J connectivity index is 1.62. The van der Waals surface area contributed by atoms with Crippen LogP contribution in [0, 0.1) is 5.92 Å². The Bertz CT molecular complexity index is 356. The number of hydrogen-bond acceptors (Lipinski definition) is 2. The van der Waals surface area contributed by atoms with Crippen molar-refractivity contribution in [2.75, 3.05) is 13.1 Å². The third kappa shape index (κ3) is 4.23. The zero-order valence-corrected chi connectivity index (χ0v) is 10.2. The minimum atomic E-state index is 0.343. The van der Waals surface area contributed by atoms with Crippen LogP contribution in [0.4, 0.5) is 0 Å². The SMILES string of the molecule is Oc1ccc(CCNCC2CC=CCC2)cc1. The molecule has 0 heterocycles. The molecular weight excluding hydrogens is 210 g/mol. The Kier molecular flexibility index (Phi) is 4.63. The molecule has 0 spiro atoms. The third-order valence-electron chi connectivity index (χ3n) is 3.34. The highest BCUT2D eigenvalue weighted by Gasteiger charge is 2.08. The van der Waals surface area contributed by atoms with E-state index < -0.39 is 0 Å². The molecule has 1 aliphatic rings. The molecule has 1 atom stereocenters. The molecule has 0 bridgehead atoms. The van der Waals surface area contributed by atoms with E-state index in [2.05, 4.69) is 17.5 Å². The Morgan fingerprint density at radius 1 is 1.18 bits per heavy atom. The highest BCUT2D eigenvalue weighted by Crippen LogP contribution is 2.16. The van der Waals surface area contributed by atoms with Crippen molar-refractivity contribution in [3.63, 3.8) is 0 Å². The van der Waals surface area contributed by atoms with Gasteiger partial charge in [-0.25, -0.2) is 0 Å². The van der Waals surface area contributed by atoms with Crippen molar-refractivity contribution in [2.45, 2.75) is 25.7 Å². The Morgan fingerprint density at radius 3 is 2.71 bits per heavy atom. The van der Waals surface area contributed by atoms with Gasteiger partial charge in [-0.1, -0.05) is 24.3 Å². The van der Waals surface area contributed by atoms with Crippen LogP contribution >= 0.6 is 0 Å². The molecule has 0 radical (unpaired) electrons. The molecule has 0 saturated heterocycles. The zero-order chi connectivity index (χ0) is 11.9. The number of phenolic OH excluding ortho intramolecular Hbond substituents is 1. The third-order valence-corrected chi connectivity index (χ3v) is 3.34. The number of rotatable bonds is 5. The van der Waals surface area contributed by atoms with Crippen LogP contribution in [0.3, 0.4) is 0 Å². The first-order valence-corrected chi connectivity index (χ1v) is 6.48. The first-order chi connectivity index (χ1) is 8.34. The summed E-state index contributed by atoms with van der Waals surface area (Å²) in [5.74, 6) is 1.16. The first kappa shape index (κ1) is 12.2. The van der Waals surface area contributed by atoms with Gasteiger partial charge in [0.2, 0.25) is 0 Å². The minimum absolute atomic E-state index is 0.343. The number of nitrogens with one attached hydrogen (secondary N) is 1. The fourth-order valence-electron chi connectivity index (χ4n) is 2.24. The van der Waals surface area contributed by atoms with E-state index in [1.807, 2.05) is 12.1 Å². The lowest BCUT2D eigenvalue weighted by molar-refractivity contribution is 0.442.